The largest absolute Gasteiger partial charge is 0.416 e. The maximum absolute atomic E-state index is 14.1. The summed E-state index contributed by atoms with van der Waals surface area (Å²) in [5.41, 5.74) is 6.40. The van der Waals surface area contributed by atoms with Crippen molar-refractivity contribution >= 4 is 5.82 Å². The molecule has 0 amide bonds. The Kier molecular flexibility index (Phi) is 5.00. The molecule has 172 valence electrons. The lowest BCUT2D eigenvalue weighted by Gasteiger charge is -2.06. The Labute approximate surface area is 188 Å². The van der Waals surface area contributed by atoms with E-state index >= 15 is 0 Å². The fraction of sp³-hybridized carbons (Fsp3) is 0.0909. The van der Waals surface area contributed by atoms with Crippen LogP contribution < -0.4 is 5.73 Å². The van der Waals surface area contributed by atoms with E-state index in [1.165, 1.54) is 35.1 Å². The van der Waals surface area contributed by atoms with Gasteiger partial charge in [0.1, 0.15) is 23.6 Å². The number of anilines is 1. The summed E-state index contributed by atoms with van der Waals surface area (Å²) in [7, 11) is 0. The summed E-state index contributed by atoms with van der Waals surface area (Å²) in [5.74, 6) is -1.78. The van der Waals surface area contributed by atoms with Crippen LogP contribution in [0.3, 0.4) is 0 Å². The zero-order valence-electron chi connectivity index (χ0n) is 17.0. The van der Waals surface area contributed by atoms with Crippen molar-refractivity contribution in [2.24, 2.45) is 0 Å². The maximum atomic E-state index is 14.1. The van der Waals surface area contributed by atoms with Gasteiger partial charge in [0.05, 0.1) is 17.3 Å². The number of rotatable bonds is 4. The van der Waals surface area contributed by atoms with Crippen molar-refractivity contribution in [2.75, 3.05) is 5.73 Å². The van der Waals surface area contributed by atoms with Crippen LogP contribution in [0.4, 0.5) is 27.8 Å². The second kappa shape index (κ2) is 7.90. The molecule has 0 fully saturated rings. The first-order chi connectivity index (χ1) is 16.2. The van der Waals surface area contributed by atoms with Crippen molar-refractivity contribution in [3.63, 3.8) is 0 Å². The van der Waals surface area contributed by atoms with Crippen molar-refractivity contribution in [1.82, 2.24) is 24.9 Å². The van der Waals surface area contributed by atoms with E-state index < -0.39 is 23.4 Å². The highest BCUT2D eigenvalue weighted by Crippen LogP contribution is 2.32. The van der Waals surface area contributed by atoms with Gasteiger partial charge in [-0.3, -0.25) is 4.68 Å². The van der Waals surface area contributed by atoms with Crippen molar-refractivity contribution in [1.29, 1.82) is 0 Å². The average molecular weight is 472 g/mol. The molecule has 0 bridgehead atoms. The van der Waals surface area contributed by atoms with Crippen LogP contribution in [0.5, 0.6) is 0 Å². The second-order valence-corrected chi connectivity index (χ2v) is 7.35. The number of nitrogens with zero attached hydrogens (tertiary/aromatic N) is 5. The number of benzene rings is 2. The van der Waals surface area contributed by atoms with Crippen molar-refractivity contribution in [3.05, 3.63) is 77.7 Å². The third kappa shape index (κ3) is 3.93. The topological polar surface area (TPSA) is 95.7 Å². The molecule has 2 aromatic carbocycles. The van der Waals surface area contributed by atoms with Crippen LogP contribution in [0, 0.1) is 11.6 Å². The molecule has 0 atom stereocenters. The predicted octanol–water partition coefficient (Wildman–Crippen LogP) is 5.03. The van der Waals surface area contributed by atoms with Crippen LogP contribution in [0.2, 0.25) is 0 Å². The highest BCUT2D eigenvalue weighted by Gasteiger charge is 2.30. The van der Waals surface area contributed by atoms with Gasteiger partial charge in [-0.1, -0.05) is 23.4 Å². The number of nitrogens with two attached hydrogens (primary N) is 1. The molecule has 0 aliphatic carbocycles. The summed E-state index contributed by atoms with van der Waals surface area (Å²) in [4.78, 5) is 8.40. The molecule has 0 spiro atoms. The molecule has 0 unspecified atom stereocenters. The number of halogens is 5. The Morgan fingerprint density at radius 3 is 2.47 bits per heavy atom. The van der Waals surface area contributed by atoms with Crippen LogP contribution in [0.15, 0.2) is 59.3 Å². The molecule has 0 radical (unpaired) electrons. The first-order valence-electron chi connectivity index (χ1n) is 9.77. The minimum atomic E-state index is -4.43. The minimum absolute atomic E-state index is 0.00976. The summed E-state index contributed by atoms with van der Waals surface area (Å²) in [6, 6.07) is 9.75. The summed E-state index contributed by atoms with van der Waals surface area (Å²) < 4.78 is 72.6. The van der Waals surface area contributed by atoms with Gasteiger partial charge in [-0.25, -0.2) is 18.7 Å². The van der Waals surface area contributed by atoms with E-state index in [2.05, 4.69) is 20.2 Å². The van der Waals surface area contributed by atoms with Gasteiger partial charge in [-0.05, 0) is 24.3 Å². The summed E-state index contributed by atoms with van der Waals surface area (Å²) >= 11 is 0. The Hall–Kier alpha value is -4.35. The van der Waals surface area contributed by atoms with E-state index in [0.29, 0.717) is 22.7 Å². The van der Waals surface area contributed by atoms with Gasteiger partial charge in [0.15, 0.2) is 29.0 Å². The number of hydrogen-bond acceptors (Lipinski definition) is 6. The van der Waals surface area contributed by atoms with E-state index in [9.17, 15) is 22.0 Å². The molecule has 5 rings (SSSR count). The minimum Gasteiger partial charge on any atom is -0.380 e. The molecule has 2 aliphatic heterocycles. The molecule has 34 heavy (non-hydrogen) atoms. The number of nitrogen functional groups attached to an aromatic ring is 1. The molecule has 1 aromatic heterocycles. The summed E-state index contributed by atoms with van der Waals surface area (Å²) in [5, 5.41) is 8.06. The van der Waals surface area contributed by atoms with E-state index in [0.717, 1.165) is 18.2 Å². The number of alkyl halides is 3. The van der Waals surface area contributed by atoms with E-state index in [1.807, 2.05) is 0 Å². The summed E-state index contributed by atoms with van der Waals surface area (Å²) in [6.07, 6.45) is -2.93. The fourth-order valence-electron chi connectivity index (χ4n) is 3.38. The number of fused-ring (bicyclic) bond motifs is 1. The molecule has 2 aliphatic rings. The lowest BCUT2D eigenvalue weighted by molar-refractivity contribution is -0.137. The Morgan fingerprint density at radius 1 is 0.971 bits per heavy atom. The standard InChI is InChI=1S/C22H13F5N6O/c23-15-3-1-2-14(18(15)24)21-29-17-10-33(31-20(28)19(17)30-21)9-13-8-16(32-34-13)11-4-6-12(7-5-11)22(25,26)27/h1-8,10H,9H2,(H2,28,31). The zero-order valence-corrected chi connectivity index (χ0v) is 17.0. The van der Waals surface area contributed by atoms with Gasteiger partial charge < -0.3 is 10.3 Å². The molecule has 12 heteroatoms. The maximum Gasteiger partial charge on any atom is 0.416 e. The fourth-order valence-corrected chi connectivity index (χ4v) is 3.38. The number of hydrogen-bond donors (Lipinski definition) is 1. The van der Waals surface area contributed by atoms with Crippen LogP contribution in [-0.4, -0.2) is 24.9 Å². The molecule has 7 nitrogen and oxygen atoms in total. The first-order valence-corrected chi connectivity index (χ1v) is 9.77. The molecule has 2 N–H and O–H groups in total. The van der Waals surface area contributed by atoms with Crippen LogP contribution in [0.1, 0.15) is 11.3 Å². The van der Waals surface area contributed by atoms with Gasteiger partial charge in [-0.15, -0.1) is 0 Å². The molecular formula is C22H13F5N6O. The Bertz CT molecular complexity index is 1460. The van der Waals surface area contributed by atoms with Crippen molar-refractivity contribution in [2.45, 2.75) is 12.7 Å². The Balaban J connectivity index is 1.41. The van der Waals surface area contributed by atoms with Gasteiger partial charge in [0.25, 0.3) is 0 Å². The molecule has 0 saturated carbocycles. The highest BCUT2D eigenvalue weighted by atomic mass is 19.4. The quantitative estimate of drug-likeness (QED) is 0.369. The van der Waals surface area contributed by atoms with Gasteiger partial charge in [0.2, 0.25) is 0 Å². The van der Waals surface area contributed by atoms with Crippen molar-refractivity contribution < 1.29 is 26.5 Å². The first kappa shape index (κ1) is 21.5. The lowest BCUT2D eigenvalue weighted by Crippen LogP contribution is -2.09. The van der Waals surface area contributed by atoms with Crippen LogP contribution >= 0.6 is 0 Å². The van der Waals surface area contributed by atoms with Gasteiger partial charge >= 0.3 is 6.18 Å². The van der Waals surface area contributed by atoms with E-state index in [-0.39, 0.29) is 29.4 Å². The molecular weight excluding hydrogens is 459 g/mol. The Morgan fingerprint density at radius 2 is 1.74 bits per heavy atom. The van der Waals surface area contributed by atoms with Crippen LogP contribution in [-0.2, 0) is 12.7 Å². The normalized spacial score (nSPS) is 11.9. The average Bonchev–Trinajstić information content (AvgIpc) is 3.43. The highest BCUT2D eigenvalue weighted by molar-refractivity contribution is 5.72. The lowest BCUT2D eigenvalue weighted by atomic mass is 10.1. The van der Waals surface area contributed by atoms with Crippen molar-refractivity contribution in [3.8, 4) is 34.0 Å². The molecule has 3 heterocycles. The third-order valence-corrected chi connectivity index (χ3v) is 5.01. The smallest absolute Gasteiger partial charge is 0.380 e. The number of imidazole rings is 1. The van der Waals surface area contributed by atoms with Gasteiger partial charge in [0, 0.05) is 11.6 Å². The molecule has 3 aromatic rings. The second-order valence-electron chi connectivity index (χ2n) is 7.35. The monoisotopic (exact) mass is 472 g/mol. The SMILES string of the molecule is Nc1nn(Cc2cc(-c3ccc(C(F)(F)F)cc3)no2)cc2nc(-c3cccc(F)c3F)nc1-2. The van der Waals surface area contributed by atoms with Crippen LogP contribution in [0.25, 0.3) is 34.0 Å². The molecule has 0 saturated heterocycles. The summed E-state index contributed by atoms with van der Waals surface area (Å²) in [6.45, 7) is 0.0737. The van der Waals surface area contributed by atoms with Gasteiger partial charge in [-0.2, -0.15) is 18.3 Å². The van der Waals surface area contributed by atoms with E-state index in [4.69, 9.17) is 10.3 Å². The zero-order chi connectivity index (χ0) is 24.0. The number of aromatic nitrogens is 5. The van der Waals surface area contributed by atoms with E-state index in [1.54, 1.807) is 6.07 Å². The third-order valence-electron chi connectivity index (χ3n) is 5.01. The predicted molar refractivity (Wildman–Crippen MR) is 110 cm³/mol.